The first-order valence-electron chi connectivity index (χ1n) is 6.82. The van der Waals surface area contributed by atoms with Crippen LogP contribution >= 0.6 is 11.8 Å². The number of hydrogen-bond donors (Lipinski definition) is 4. The minimum absolute atomic E-state index is 0.142. The summed E-state index contributed by atoms with van der Waals surface area (Å²) in [6, 6.07) is 0. The number of hydrogen-bond acceptors (Lipinski definition) is 6. The molecule has 0 heterocycles. The van der Waals surface area contributed by atoms with E-state index in [-0.39, 0.29) is 23.9 Å². The Labute approximate surface area is 119 Å². The van der Waals surface area contributed by atoms with Gasteiger partial charge in [0.05, 0.1) is 12.2 Å². The predicted octanol–water partition coefficient (Wildman–Crippen LogP) is 0.408. The summed E-state index contributed by atoms with van der Waals surface area (Å²) in [6.07, 6.45) is -0.270. The molecule has 5 nitrogen and oxygen atoms in total. The fraction of sp³-hybridized carbons (Fsp3) is 1.00. The topological polar surface area (TPSA) is 90.2 Å². The van der Waals surface area contributed by atoms with Crippen molar-refractivity contribution in [1.29, 1.82) is 0 Å². The zero-order chi connectivity index (χ0) is 14.4. The molecule has 0 spiro atoms. The van der Waals surface area contributed by atoms with Crippen LogP contribution in [0.3, 0.4) is 0 Å². The molecule has 4 N–H and O–H groups in total. The third-order valence-corrected chi connectivity index (χ3v) is 4.93. The van der Waals surface area contributed by atoms with Crippen LogP contribution in [0.5, 0.6) is 0 Å². The van der Waals surface area contributed by atoms with Gasteiger partial charge in [0.25, 0.3) is 0 Å². The van der Waals surface area contributed by atoms with Gasteiger partial charge in [-0.25, -0.2) is 0 Å². The van der Waals surface area contributed by atoms with Gasteiger partial charge in [0.15, 0.2) is 0 Å². The number of aliphatic hydroxyl groups excluding tert-OH is 4. The molecule has 1 saturated carbocycles. The van der Waals surface area contributed by atoms with Crippen LogP contribution in [0.4, 0.5) is 0 Å². The van der Waals surface area contributed by atoms with E-state index < -0.39 is 19.0 Å². The lowest BCUT2D eigenvalue weighted by Gasteiger charge is -2.26. The van der Waals surface area contributed by atoms with Crippen molar-refractivity contribution in [3.63, 3.8) is 0 Å². The summed E-state index contributed by atoms with van der Waals surface area (Å²) in [7, 11) is 0. The molecule has 6 heteroatoms. The van der Waals surface area contributed by atoms with Gasteiger partial charge in [0.2, 0.25) is 0 Å². The highest BCUT2D eigenvalue weighted by molar-refractivity contribution is 7.99. The van der Waals surface area contributed by atoms with Crippen molar-refractivity contribution in [3.8, 4) is 0 Å². The maximum Gasteiger partial charge on any atom is 0.145 e. The zero-order valence-electron chi connectivity index (χ0n) is 11.6. The monoisotopic (exact) mass is 294 g/mol. The minimum Gasteiger partial charge on any atom is -0.396 e. The number of aliphatic hydroxyl groups is 4. The van der Waals surface area contributed by atoms with Crippen LogP contribution in [0.2, 0.25) is 0 Å². The summed E-state index contributed by atoms with van der Waals surface area (Å²) in [5, 5.41) is 38.0. The molecule has 1 fully saturated rings. The molecule has 5 unspecified atom stereocenters. The van der Waals surface area contributed by atoms with Gasteiger partial charge in [-0.15, -0.1) is 11.8 Å². The summed E-state index contributed by atoms with van der Waals surface area (Å²) in [5.74, 6) is 0.907. The maximum atomic E-state index is 10.0. The van der Waals surface area contributed by atoms with Gasteiger partial charge >= 0.3 is 0 Å². The second-order valence-corrected chi connectivity index (χ2v) is 6.75. The Balaban J connectivity index is 2.55. The van der Waals surface area contributed by atoms with Crippen molar-refractivity contribution in [2.24, 2.45) is 17.8 Å². The van der Waals surface area contributed by atoms with Crippen LogP contribution in [0, 0.1) is 17.8 Å². The molecule has 114 valence electrons. The Morgan fingerprint density at radius 1 is 1.21 bits per heavy atom. The highest BCUT2D eigenvalue weighted by atomic mass is 32.2. The molecule has 0 aliphatic heterocycles. The van der Waals surface area contributed by atoms with E-state index in [9.17, 15) is 10.2 Å². The molecule has 19 heavy (non-hydrogen) atoms. The van der Waals surface area contributed by atoms with Gasteiger partial charge in [-0.2, -0.15) is 0 Å². The lowest BCUT2D eigenvalue weighted by molar-refractivity contribution is -0.0657. The van der Waals surface area contributed by atoms with Gasteiger partial charge < -0.3 is 25.2 Å². The van der Waals surface area contributed by atoms with Crippen molar-refractivity contribution in [2.75, 3.05) is 19.2 Å². The standard InChI is InChI=1S/C13H26O5S/c1-8(2)3-4-19-13(18-7-15)10-5-9(6-14)11(16)12(10)17/h8-17H,3-7H2,1-2H3. The third-order valence-electron chi connectivity index (χ3n) is 3.65. The van der Waals surface area contributed by atoms with Crippen molar-refractivity contribution < 1.29 is 25.2 Å². The number of thioether (sulfide) groups is 1. The molecule has 1 aliphatic carbocycles. The summed E-state index contributed by atoms with van der Waals surface area (Å²) in [4.78, 5) is 0. The van der Waals surface area contributed by atoms with Crippen LogP contribution in [0.15, 0.2) is 0 Å². The third kappa shape index (κ3) is 4.88. The normalized spacial score (nSPS) is 33.0. The van der Waals surface area contributed by atoms with E-state index >= 15 is 0 Å². The predicted molar refractivity (Wildman–Crippen MR) is 74.6 cm³/mol. The molecule has 0 radical (unpaired) electrons. The molecule has 0 aromatic rings. The van der Waals surface area contributed by atoms with Gasteiger partial charge in [0, 0.05) is 18.4 Å². The van der Waals surface area contributed by atoms with E-state index in [2.05, 4.69) is 13.8 Å². The summed E-state index contributed by atoms with van der Waals surface area (Å²) < 4.78 is 5.29. The smallest absolute Gasteiger partial charge is 0.145 e. The van der Waals surface area contributed by atoms with E-state index in [1.54, 1.807) is 11.8 Å². The quantitative estimate of drug-likeness (QED) is 0.485. The van der Waals surface area contributed by atoms with E-state index in [1.165, 1.54) is 0 Å². The Bertz CT molecular complexity index is 251. The fourth-order valence-corrected chi connectivity index (χ4v) is 3.92. The van der Waals surface area contributed by atoms with Crippen molar-refractivity contribution in [1.82, 2.24) is 0 Å². The molecule has 0 aromatic heterocycles. The molecule has 1 rings (SSSR count). The van der Waals surface area contributed by atoms with Crippen LogP contribution in [-0.2, 0) is 4.74 Å². The molecule has 1 aliphatic rings. The lowest BCUT2D eigenvalue weighted by Crippen LogP contribution is -2.34. The largest absolute Gasteiger partial charge is 0.396 e. The van der Waals surface area contributed by atoms with Crippen LogP contribution in [-0.4, -0.2) is 57.2 Å². The summed E-state index contributed by atoms with van der Waals surface area (Å²) in [6.45, 7) is 3.73. The summed E-state index contributed by atoms with van der Waals surface area (Å²) in [5.41, 5.74) is -0.343. The molecule has 0 amide bonds. The first-order valence-corrected chi connectivity index (χ1v) is 7.87. The second kappa shape index (κ2) is 8.44. The Hall–Kier alpha value is 0.150. The minimum atomic E-state index is -0.912. The lowest BCUT2D eigenvalue weighted by atomic mass is 10.1. The maximum absolute atomic E-state index is 10.0. The molecule has 0 aromatic carbocycles. The van der Waals surface area contributed by atoms with Gasteiger partial charge in [-0.05, 0) is 24.5 Å². The molecule has 0 bridgehead atoms. The molecular formula is C13H26O5S. The second-order valence-electron chi connectivity index (χ2n) is 5.54. The number of ether oxygens (including phenoxy) is 1. The first-order chi connectivity index (χ1) is 9.01. The van der Waals surface area contributed by atoms with Gasteiger partial charge in [-0.3, -0.25) is 0 Å². The van der Waals surface area contributed by atoms with Gasteiger partial charge in [-0.1, -0.05) is 13.8 Å². The number of rotatable bonds is 8. The average Bonchev–Trinajstić information content (AvgIpc) is 2.65. The fourth-order valence-electron chi connectivity index (χ4n) is 2.40. The van der Waals surface area contributed by atoms with Crippen molar-refractivity contribution in [3.05, 3.63) is 0 Å². The summed E-state index contributed by atoms with van der Waals surface area (Å²) >= 11 is 1.56. The SMILES string of the molecule is CC(C)CCSC(OCO)C1CC(CO)C(O)C1O. The van der Waals surface area contributed by atoms with Crippen LogP contribution in [0.25, 0.3) is 0 Å². The average molecular weight is 294 g/mol. The Kier molecular flexibility index (Phi) is 7.64. The molecular weight excluding hydrogens is 268 g/mol. The Morgan fingerprint density at radius 2 is 1.89 bits per heavy atom. The highest BCUT2D eigenvalue weighted by Crippen LogP contribution is 2.38. The van der Waals surface area contributed by atoms with E-state index in [1.807, 2.05) is 0 Å². The molecule has 0 saturated heterocycles. The van der Waals surface area contributed by atoms with Crippen molar-refractivity contribution in [2.45, 2.75) is 44.3 Å². The van der Waals surface area contributed by atoms with E-state index in [0.29, 0.717) is 12.3 Å². The van der Waals surface area contributed by atoms with Gasteiger partial charge in [0.1, 0.15) is 12.2 Å². The van der Waals surface area contributed by atoms with E-state index in [4.69, 9.17) is 14.9 Å². The highest BCUT2D eigenvalue weighted by Gasteiger charge is 2.45. The van der Waals surface area contributed by atoms with E-state index in [0.717, 1.165) is 12.2 Å². The molecule has 5 atom stereocenters. The Morgan fingerprint density at radius 3 is 2.37 bits per heavy atom. The van der Waals surface area contributed by atoms with Crippen LogP contribution < -0.4 is 0 Å². The zero-order valence-corrected chi connectivity index (χ0v) is 12.4. The van der Waals surface area contributed by atoms with Crippen LogP contribution in [0.1, 0.15) is 26.7 Å². The first kappa shape index (κ1) is 17.2. The van der Waals surface area contributed by atoms with Crippen molar-refractivity contribution >= 4 is 11.8 Å².